The van der Waals surface area contributed by atoms with Crippen LogP contribution in [0.5, 0.6) is 0 Å². The number of benzene rings is 3. The van der Waals surface area contributed by atoms with Gasteiger partial charge in [-0.2, -0.15) is 0 Å². The van der Waals surface area contributed by atoms with Crippen LogP contribution in [-0.2, 0) is 39.0 Å². The normalized spacial score (nSPS) is 12.8. The molecule has 2 atom stereocenters. The molecule has 0 fully saturated rings. The number of carbonyl (C=O) groups is 2. The molecule has 0 aliphatic heterocycles. The van der Waals surface area contributed by atoms with Gasteiger partial charge in [0.05, 0.1) is 11.9 Å². The van der Waals surface area contributed by atoms with Gasteiger partial charge in [0.15, 0.2) is 0 Å². The van der Waals surface area contributed by atoms with Gasteiger partial charge in [-0.1, -0.05) is 86.1 Å². The van der Waals surface area contributed by atoms with Crippen LogP contribution in [0.1, 0.15) is 49.4 Å². The van der Waals surface area contributed by atoms with Crippen molar-refractivity contribution in [2.75, 3.05) is 17.1 Å². The summed E-state index contributed by atoms with van der Waals surface area (Å²) in [4.78, 5) is 29.3. The quantitative estimate of drug-likeness (QED) is 0.321. The molecule has 0 bridgehead atoms. The van der Waals surface area contributed by atoms with Crippen LogP contribution in [0.15, 0.2) is 78.9 Å². The first-order valence-corrected chi connectivity index (χ1v) is 15.6. The van der Waals surface area contributed by atoms with Crippen LogP contribution >= 0.6 is 0 Å². The first kappa shape index (κ1) is 30.9. The lowest BCUT2D eigenvalue weighted by Gasteiger charge is -2.34. The minimum absolute atomic E-state index is 0.0771. The predicted molar refractivity (Wildman–Crippen MR) is 162 cm³/mol. The zero-order chi connectivity index (χ0) is 29.3. The van der Waals surface area contributed by atoms with E-state index in [-0.39, 0.29) is 18.5 Å². The Balaban J connectivity index is 2.04. The molecule has 40 heavy (non-hydrogen) atoms. The summed E-state index contributed by atoms with van der Waals surface area (Å²) in [6.45, 7) is 7.66. The van der Waals surface area contributed by atoms with Gasteiger partial charge in [0, 0.05) is 19.0 Å². The third-order valence-corrected chi connectivity index (χ3v) is 8.20. The van der Waals surface area contributed by atoms with Crippen molar-refractivity contribution in [1.82, 2.24) is 10.2 Å². The van der Waals surface area contributed by atoms with Crippen LogP contribution in [0.3, 0.4) is 0 Å². The Bertz CT molecular complexity index is 1360. The van der Waals surface area contributed by atoms with E-state index in [1.54, 1.807) is 12.1 Å². The number of amides is 2. The van der Waals surface area contributed by atoms with Gasteiger partial charge in [0.2, 0.25) is 21.8 Å². The molecule has 8 heteroatoms. The topological polar surface area (TPSA) is 86.8 Å². The van der Waals surface area contributed by atoms with Gasteiger partial charge in [0.25, 0.3) is 0 Å². The SMILES string of the molecule is CCc1ccc(N(CC(=O)N(Cc2ccc(C)cc2)[C@H](Cc2ccccc2)C(=O)N[C@H](C)CC)S(C)(=O)=O)cc1. The summed E-state index contributed by atoms with van der Waals surface area (Å²) in [5, 5.41) is 3.04. The molecule has 0 radical (unpaired) electrons. The van der Waals surface area contributed by atoms with Crippen molar-refractivity contribution in [1.29, 1.82) is 0 Å². The van der Waals surface area contributed by atoms with E-state index in [9.17, 15) is 18.0 Å². The maximum atomic E-state index is 14.1. The Morgan fingerprint density at radius 1 is 0.850 bits per heavy atom. The lowest BCUT2D eigenvalue weighted by Crippen LogP contribution is -2.54. The lowest BCUT2D eigenvalue weighted by atomic mass is 10.0. The van der Waals surface area contributed by atoms with E-state index in [4.69, 9.17) is 0 Å². The van der Waals surface area contributed by atoms with Crippen LogP contribution in [-0.4, -0.2) is 50.0 Å². The molecule has 214 valence electrons. The number of rotatable bonds is 13. The molecule has 0 saturated carbocycles. The smallest absolute Gasteiger partial charge is 0.244 e. The van der Waals surface area contributed by atoms with Crippen LogP contribution in [0.25, 0.3) is 0 Å². The maximum Gasteiger partial charge on any atom is 0.244 e. The number of sulfonamides is 1. The van der Waals surface area contributed by atoms with Crippen molar-refractivity contribution in [3.8, 4) is 0 Å². The molecular weight excluding hydrogens is 522 g/mol. The molecule has 0 aliphatic rings. The Morgan fingerprint density at radius 3 is 2.00 bits per heavy atom. The van der Waals surface area contributed by atoms with Crippen LogP contribution in [0.2, 0.25) is 0 Å². The van der Waals surface area contributed by atoms with Gasteiger partial charge in [-0.3, -0.25) is 13.9 Å². The zero-order valence-electron chi connectivity index (χ0n) is 24.1. The number of nitrogens with zero attached hydrogens (tertiary/aromatic N) is 2. The van der Waals surface area contributed by atoms with Crippen LogP contribution in [0.4, 0.5) is 5.69 Å². The van der Waals surface area contributed by atoms with Crippen molar-refractivity contribution < 1.29 is 18.0 Å². The zero-order valence-corrected chi connectivity index (χ0v) is 24.9. The fourth-order valence-corrected chi connectivity index (χ4v) is 5.25. The predicted octanol–water partition coefficient (Wildman–Crippen LogP) is 4.88. The molecule has 3 rings (SSSR count). The molecule has 1 N–H and O–H groups in total. The molecule has 7 nitrogen and oxygen atoms in total. The monoisotopic (exact) mass is 563 g/mol. The molecular formula is C32H41N3O4S. The highest BCUT2D eigenvalue weighted by atomic mass is 32.2. The van der Waals surface area contributed by atoms with E-state index in [0.717, 1.165) is 45.7 Å². The van der Waals surface area contributed by atoms with Gasteiger partial charge in [0.1, 0.15) is 12.6 Å². The number of aryl methyl sites for hydroxylation is 2. The lowest BCUT2D eigenvalue weighted by molar-refractivity contribution is -0.140. The van der Waals surface area contributed by atoms with Gasteiger partial charge in [-0.25, -0.2) is 8.42 Å². The van der Waals surface area contributed by atoms with Gasteiger partial charge in [-0.05, 0) is 55.5 Å². The molecule has 2 amide bonds. The average Bonchev–Trinajstić information content (AvgIpc) is 2.94. The van der Waals surface area contributed by atoms with Gasteiger partial charge >= 0.3 is 0 Å². The van der Waals surface area contributed by atoms with E-state index in [1.807, 2.05) is 94.4 Å². The minimum Gasteiger partial charge on any atom is -0.352 e. The molecule has 0 unspecified atom stereocenters. The number of carbonyl (C=O) groups excluding carboxylic acids is 2. The third-order valence-electron chi connectivity index (χ3n) is 7.06. The summed E-state index contributed by atoms with van der Waals surface area (Å²) in [6.07, 6.45) is 2.94. The summed E-state index contributed by atoms with van der Waals surface area (Å²) >= 11 is 0. The number of nitrogens with one attached hydrogen (secondary N) is 1. The summed E-state index contributed by atoms with van der Waals surface area (Å²) in [6, 6.07) is 23.6. The summed E-state index contributed by atoms with van der Waals surface area (Å²) in [5.74, 6) is -0.720. The molecule has 3 aromatic rings. The van der Waals surface area contributed by atoms with E-state index < -0.39 is 28.5 Å². The summed E-state index contributed by atoms with van der Waals surface area (Å²) < 4.78 is 26.9. The molecule has 0 saturated heterocycles. The standard InChI is InChI=1S/C32H41N3O4S/c1-6-25(4)33-32(37)30(21-27-11-9-8-10-12-27)34(22-28-15-13-24(3)14-16-28)31(36)23-35(40(5,38)39)29-19-17-26(7-2)18-20-29/h8-20,25,30H,6-7,21-23H2,1-5H3,(H,33,37)/t25-,30-/m1/s1. The van der Waals surface area contributed by atoms with Crippen molar-refractivity contribution in [2.45, 2.75) is 65.6 Å². The van der Waals surface area contributed by atoms with Gasteiger partial charge < -0.3 is 10.2 Å². The Labute approximate surface area is 239 Å². The van der Waals surface area contributed by atoms with Crippen LogP contribution in [0, 0.1) is 6.92 Å². The summed E-state index contributed by atoms with van der Waals surface area (Å²) in [5.41, 5.74) is 4.31. The highest BCUT2D eigenvalue weighted by molar-refractivity contribution is 7.92. The van der Waals surface area contributed by atoms with Crippen molar-refractivity contribution in [3.63, 3.8) is 0 Å². The highest BCUT2D eigenvalue weighted by Crippen LogP contribution is 2.21. The Morgan fingerprint density at radius 2 is 1.45 bits per heavy atom. The van der Waals surface area contributed by atoms with Gasteiger partial charge in [-0.15, -0.1) is 0 Å². The molecule has 0 aromatic heterocycles. The Hall–Kier alpha value is -3.65. The first-order chi connectivity index (χ1) is 19.0. The third kappa shape index (κ3) is 8.68. The average molecular weight is 564 g/mol. The molecule has 0 aliphatic carbocycles. The number of anilines is 1. The number of hydrogen-bond donors (Lipinski definition) is 1. The van der Waals surface area contributed by atoms with Crippen LogP contribution < -0.4 is 9.62 Å². The second-order valence-corrected chi connectivity index (χ2v) is 12.2. The summed E-state index contributed by atoms with van der Waals surface area (Å²) in [7, 11) is -3.79. The van der Waals surface area contributed by atoms with Crippen molar-refractivity contribution in [3.05, 3.63) is 101 Å². The van der Waals surface area contributed by atoms with E-state index in [0.29, 0.717) is 12.1 Å². The number of hydrogen-bond acceptors (Lipinski definition) is 4. The first-order valence-electron chi connectivity index (χ1n) is 13.8. The van der Waals surface area contributed by atoms with E-state index >= 15 is 0 Å². The highest BCUT2D eigenvalue weighted by Gasteiger charge is 2.33. The fourth-order valence-electron chi connectivity index (χ4n) is 4.40. The molecule has 0 heterocycles. The van der Waals surface area contributed by atoms with E-state index in [1.165, 1.54) is 4.90 Å². The molecule has 3 aromatic carbocycles. The minimum atomic E-state index is -3.79. The second kappa shape index (κ2) is 14.1. The largest absolute Gasteiger partial charge is 0.352 e. The van der Waals surface area contributed by atoms with Crippen molar-refractivity contribution in [2.24, 2.45) is 0 Å². The fraction of sp³-hybridized carbons (Fsp3) is 0.375. The Kier molecular flexibility index (Phi) is 10.9. The van der Waals surface area contributed by atoms with E-state index in [2.05, 4.69) is 5.32 Å². The maximum absolute atomic E-state index is 14.1. The van der Waals surface area contributed by atoms with Crippen molar-refractivity contribution >= 4 is 27.5 Å². The second-order valence-electron chi connectivity index (χ2n) is 10.3. The molecule has 0 spiro atoms.